The molecule has 39 heavy (non-hydrogen) atoms. The molecule has 0 bridgehead atoms. The van der Waals surface area contributed by atoms with Gasteiger partial charge in [-0.2, -0.15) is 18.2 Å². The molecule has 0 unspecified atom stereocenters. The van der Waals surface area contributed by atoms with E-state index in [1.54, 1.807) is 19.2 Å². The van der Waals surface area contributed by atoms with Crippen LogP contribution in [0, 0.1) is 0 Å². The van der Waals surface area contributed by atoms with Gasteiger partial charge in [0.15, 0.2) is 0 Å². The van der Waals surface area contributed by atoms with Gasteiger partial charge in [-0.15, -0.1) is 0 Å². The number of anilines is 2. The molecule has 4 aromatic rings. The van der Waals surface area contributed by atoms with Gasteiger partial charge in [-0.25, -0.2) is 4.98 Å². The average molecular weight is 534 g/mol. The fourth-order valence-electron chi connectivity index (χ4n) is 5.53. The highest BCUT2D eigenvalue weighted by molar-refractivity contribution is 5.83. The molecule has 9 heteroatoms. The predicted octanol–water partition coefficient (Wildman–Crippen LogP) is 6.59. The standard InChI is InChI=1S/C30H30F3N5O/c1-2-38-27-22(15-25(28(38)39)24-10-7-21(19-3-4-19)16-26(24)30(31,32)33)17-35-29(37-27)36-23-8-5-18(6-9-23)20-11-13-34-14-12-20/h5-10,15-17,19-20,34H,2-4,11-14H2,1H3,(H,35,36,37). The normalized spacial score (nSPS) is 16.5. The Bertz CT molecular complexity index is 1570. The van der Waals surface area contributed by atoms with Gasteiger partial charge < -0.3 is 10.6 Å². The van der Waals surface area contributed by atoms with E-state index in [0.29, 0.717) is 28.5 Å². The van der Waals surface area contributed by atoms with Crippen molar-refractivity contribution in [2.24, 2.45) is 0 Å². The molecule has 2 fully saturated rings. The van der Waals surface area contributed by atoms with Gasteiger partial charge in [0.25, 0.3) is 5.56 Å². The minimum Gasteiger partial charge on any atom is -0.324 e. The van der Waals surface area contributed by atoms with Gasteiger partial charge in [0, 0.05) is 29.4 Å². The van der Waals surface area contributed by atoms with Gasteiger partial charge in [-0.3, -0.25) is 9.36 Å². The van der Waals surface area contributed by atoms with Gasteiger partial charge in [-0.1, -0.05) is 24.3 Å². The van der Waals surface area contributed by atoms with Crippen molar-refractivity contribution in [2.45, 2.75) is 57.2 Å². The number of pyridine rings is 1. The lowest BCUT2D eigenvalue weighted by Gasteiger charge is -2.23. The number of piperidine rings is 1. The first kappa shape index (κ1) is 25.6. The Morgan fingerprint density at radius 3 is 2.31 bits per heavy atom. The zero-order chi connectivity index (χ0) is 27.1. The second kappa shape index (κ2) is 10.1. The van der Waals surface area contributed by atoms with Gasteiger partial charge in [0.1, 0.15) is 5.65 Å². The largest absolute Gasteiger partial charge is 0.417 e. The topological polar surface area (TPSA) is 71.8 Å². The third kappa shape index (κ3) is 5.15. The van der Waals surface area contributed by atoms with Crippen LogP contribution in [0.2, 0.25) is 0 Å². The lowest BCUT2D eigenvalue weighted by Crippen LogP contribution is -2.26. The van der Waals surface area contributed by atoms with Crippen molar-refractivity contribution in [2.75, 3.05) is 18.4 Å². The van der Waals surface area contributed by atoms with E-state index in [4.69, 9.17) is 0 Å². The first-order valence-electron chi connectivity index (χ1n) is 13.5. The monoisotopic (exact) mass is 533 g/mol. The predicted molar refractivity (Wildman–Crippen MR) is 146 cm³/mol. The van der Waals surface area contributed by atoms with Crippen LogP contribution in [-0.2, 0) is 12.7 Å². The molecule has 2 aromatic heterocycles. The summed E-state index contributed by atoms with van der Waals surface area (Å²) in [5.74, 6) is 1.04. The summed E-state index contributed by atoms with van der Waals surface area (Å²) in [6.45, 7) is 4.09. The Morgan fingerprint density at radius 1 is 0.949 bits per heavy atom. The van der Waals surface area contributed by atoms with E-state index in [9.17, 15) is 18.0 Å². The van der Waals surface area contributed by atoms with Gasteiger partial charge in [0.05, 0.1) is 5.56 Å². The van der Waals surface area contributed by atoms with Crippen LogP contribution in [0.25, 0.3) is 22.2 Å². The lowest BCUT2D eigenvalue weighted by atomic mass is 9.90. The number of rotatable bonds is 6. The fourth-order valence-corrected chi connectivity index (χ4v) is 5.53. The molecule has 0 amide bonds. The van der Waals surface area contributed by atoms with E-state index in [1.165, 1.54) is 28.3 Å². The highest BCUT2D eigenvalue weighted by Gasteiger charge is 2.36. The SMILES string of the molecule is CCn1c(=O)c(-c2ccc(C3CC3)cc2C(F)(F)F)cc2cnc(Nc3ccc(C4CCNCC4)cc3)nc21. The number of nitrogens with zero attached hydrogens (tertiary/aromatic N) is 3. The molecular weight excluding hydrogens is 503 g/mol. The van der Waals surface area contributed by atoms with Crippen molar-refractivity contribution in [3.8, 4) is 11.1 Å². The number of nitrogens with one attached hydrogen (secondary N) is 2. The Hall–Kier alpha value is -3.72. The molecule has 3 heterocycles. The smallest absolute Gasteiger partial charge is 0.324 e. The van der Waals surface area contributed by atoms with Crippen molar-refractivity contribution in [3.05, 3.63) is 81.8 Å². The third-order valence-electron chi connectivity index (χ3n) is 7.81. The molecule has 0 atom stereocenters. The van der Waals surface area contributed by atoms with Crippen LogP contribution in [0.15, 0.2) is 59.5 Å². The molecule has 1 aliphatic carbocycles. The number of fused-ring (bicyclic) bond motifs is 1. The number of halogens is 3. The van der Waals surface area contributed by atoms with Crippen LogP contribution in [0.5, 0.6) is 0 Å². The Morgan fingerprint density at radius 2 is 1.64 bits per heavy atom. The van der Waals surface area contributed by atoms with Crippen molar-refractivity contribution in [1.29, 1.82) is 0 Å². The highest BCUT2D eigenvalue weighted by Crippen LogP contribution is 2.44. The minimum absolute atomic E-state index is 0.00293. The molecule has 1 saturated carbocycles. The molecule has 0 radical (unpaired) electrons. The summed E-state index contributed by atoms with van der Waals surface area (Å²) in [6.07, 6.45) is 0.997. The highest BCUT2D eigenvalue weighted by atomic mass is 19.4. The number of alkyl halides is 3. The Balaban J connectivity index is 1.34. The molecule has 6 nitrogen and oxygen atoms in total. The van der Waals surface area contributed by atoms with Crippen molar-refractivity contribution in [1.82, 2.24) is 19.9 Å². The van der Waals surface area contributed by atoms with Crippen LogP contribution in [0.1, 0.15) is 61.1 Å². The van der Waals surface area contributed by atoms with Crippen LogP contribution in [-0.4, -0.2) is 27.6 Å². The van der Waals surface area contributed by atoms with Crippen molar-refractivity contribution >= 4 is 22.7 Å². The molecule has 0 spiro atoms. The van der Waals surface area contributed by atoms with Crippen LogP contribution in [0.4, 0.5) is 24.8 Å². The van der Waals surface area contributed by atoms with Gasteiger partial charge in [0.2, 0.25) is 5.95 Å². The van der Waals surface area contributed by atoms with E-state index in [0.717, 1.165) is 44.5 Å². The Kier molecular flexibility index (Phi) is 6.62. The molecule has 2 aromatic carbocycles. The lowest BCUT2D eigenvalue weighted by molar-refractivity contribution is -0.137. The summed E-state index contributed by atoms with van der Waals surface area (Å²) < 4.78 is 43.6. The molecule has 1 saturated heterocycles. The van der Waals surface area contributed by atoms with Crippen molar-refractivity contribution < 1.29 is 13.2 Å². The van der Waals surface area contributed by atoms with E-state index in [1.807, 2.05) is 12.1 Å². The maximum absolute atomic E-state index is 14.1. The summed E-state index contributed by atoms with van der Waals surface area (Å²) >= 11 is 0. The van der Waals surface area contributed by atoms with Gasteiger partial charge in [-0.05, 0) is 98.5 Å². The zero-order valence-electron chi connectivity index (χ0n) is 21.7. The van der Waals surface area contributed by atoms with Crippen LogP contribution < -0.4 is 16.2 Å². The quantitative estimate of drug-likeness (QED) is 0.293. The van der Waals surface area contributed by atoms with Gasteiger partial charge >= 0.3 is 6.18 Å². The maximum Gasteiger partial charge on any atom is 0.417 e. The molecule has 2 aliphatic rings. The van der Waals surface area contributed by atoms with Crippen LogP contribution in [0.3, 0.4) is 0 Å². The molecule has 6 rings (SSSR count). The average Bonchev–Trinajstić information content (AvgIpc) is 3.79. The molecule has 2 N–H and O–H groups in total. The Labute approximate surface area is 224 Å². The number of aryl methyl sites for hydroxylation is 1. The molecule has 1 aliphatic heterocycles. The second-order valence-corrected chi connectivity index (χ2v) is 10.4. The first-order valence-corrected chi connectivity index (χ1v) is 13.5. The first-order chi connectivity index (χ1) is 18.8. The number of aromatic nitrogens is 3. The number of hydrogen-bond donors (Lipinski definition) is 2. The molecular formula is C30H30F3N5O. The maximum atomic E-state index is 14.1. The van der Waals surface area contributed by atoms with Crippen molar-refractivity contribution in [3.63, 3.8) is 0 Å². The summed E-state index contributed by atoms with van der Waals surface area (Å²) in [7, 11) is 0. The number of benzene rings is 2. The minimum atomic E-state index is -4.58. The summed E-state index contributed by atoms with van der Waals surface area (Å²) in [5.41, 5.74) is 1.76. The second-order valence-electron chi connectivity index (χ2n) is 10.4. The zero-order valence-corrected chi connectivity index (χ0v) is 21.7. The fraction of sp³-hybridized carbons (Fsp3) is 0.367. The molecule has 202 valence electrons. The third-order valence-corrected chi connectivity index (χ3v) is 7.81. The summed E-state index contributed by atoms with van der Waals surface area (Å²) in [4.78, 5) is 22.5. The van der Waals surface area contributed by atoms with E-state index in [2.05, 4.69) is 32.7 Å². The van der Waals surface area contributed by atoms with E-state index < -0.39 is 17.3 Å². The van der Waals surface area contributed by atoms with Crippen LogP contribution >= 0.6 is 0 Å². The summed E-state index contributed by atoms with van der Waals surface area (Å²) in [6, 6.07) is 14.0. The van der Waals surface area contributed by atoms with E-state index >= 15 is 0 Å². The summed E-state index contributed by atoms with van der Waals surface area (Å²) in [5, 5.41) is 7.08. The number of hydrogen-bond acceptors (Lipinski definition) is 5. The van der Waals surface area contributed by atoms with E-state index in [-0.39, 0.29) is 23.6 Å².